The van der Waals surface area contributed by atoms with Gasteiger partial charge in [0.1, 0.15) is 5.82 Å². The Bertz CT molecular complexity index is 746. The molecule has 2 atom stereocenters. The molecule has 1 aliphatic rings. The molecular formula is C18H23FN4O2. The van der Waals surface area contributed by atoms with E-state index in [-0.39, 0.29) is 30.2 Å². The fraction of sp³-hybridized carbons (Fsp3) is 0.500. The maximum atomic E-state index is 13.6. The third-order valence-electron chi connectivity index (χ3n) is 4.57. The van der Waals surface area contributed by atoms with E-state index in [4.69, 9.17) is 4.52 Å². The van der Waals surface area contributed by atoms with Gasteiger partial charge in [-0.15, -0.1) is 0 Å². The van der Waals surface area contributed by atoms with Gasteiger partial charge < -0.3 is 15.2 Å². The first-order valence-electron chi connectivity index (χ1n) is 8.65. The van der Waals surface area contributed by atoms with Crippen LogP contribution in [0.1, 0.15) is 37.6 Å². The van der Waals surface area contributed by atoms with Crippen molar-refractivity contribution in [3.05, 3.63) is 35.5 Å². The van der Waals surface area contributed by atoms with Crippen LogP contribution in [0.25, 0.3) is 11.4 Å². The number of piperidine rings is 1. The number of benzene rings is 1. The Morgan fingerprint density at radius 2 is 2.32 bits per heavy atom. The smallest absolute Gasteiger partial charge is 0.227 e. The minimum absolute atomic E-state index is 0.0262. The average molecular weight is 346 g/mol. The zero-order chi connectivity index (χ0) is 17.8. The Kier molecular flexibility index (Phi) is 5.43. The first kappa shape index (κ1) is 17.5. The molecule has 134 valence electrons. The van der Waals surface area contributed by atoms with Gasteiger partial charge in [-0.1, -0.05) is 17.3 Å². The lowest BCUT2D eigenvalue weighted by atomic mass is 10.00. The molecule has 1 aromatic heterocycles. The summed E-state index contributed by atoms with van der Waals surface area (Å²) < 4.78 is 18.8. The molecule has 0 aliphatic carbocycles. The van der Waals surface area contributed by atoms with E-state index in [9.17, 15) is 9.18 Å². The van der Waals surface area contributed by atoms with Crippen molar-refractivity contribution in [2.75, 3.05) is 6.54 Å². The van der Waals surface area contributed by atoms with Gasteiger partial charge in [-0.25, -0.2) is 4.39 Å². The van der Waals surface area contributed by atoms with Gasteiger partial charge in [-0.05, 0) is 44.9 Å². The summed E-state index contributed by atoms with van der Waals surface area (Å²) in [7, 11) is 0. The summed E-state index contributed by atoms with van der Waals surface area (Å²) in [6.07, 6.45) is 2.70. The van der Waals surface area contributed by atoms with Gasteiger partial charge in [0.25, 0.3) is 0 Å². The lowest BCUT2D eigenvalue weighted by Crippen LogP contribution is -2.51. The zero-order valence-corrected chi connectivity index (χ0v) is 14.5. The Hall–Kier alpha value is -2.28. The van der Waals surface area contributed by atoms with Gasteiger partial charge in [0.15, 0.2) is 0 Å². The van der Waals surface area contributed by atoms with Crippen LogP contribution < -0.4 is 10.6 Å². The van der Waals surface area contributed by atoms with Crippen LogP contribution in [0.5, 0.6) is 0 Å². The Morgan fingerprint density at radius 1 is 1.48 bits per heavy atom. The molecule has 2 N–H and O–H groups in total. The van der Waals surface area contributed by atoms with E-state index in [1.807, 2.05) is 0 Å². The van der Waals surface area contributed by atoms with Crippen LogP contribution in [0.4, 0.5) is 4.39 Å². The summed E-state index contributed by atoms with van der Waals surface area (Å²) in [4.78, 5) is 16.4. The molecule has 0 spiro atoms. The van der Waals surface area contributed by atoms with Crippen LogP contribution >= 0.6 is 0 Å². The van der Waals surface area contributed by atoms with Gasteiger partial charge >= 0.3 is 0 Å². The van der Waals surface area contributed by atoms with E-state index >= 15 is 0 Å². The summed E-state index contributed by atoms with van der Waals surface area (Å²) >= 11 is 0. The highest BCUT2D eigenvalue weighted by Crippen LogP contribution is 2.19. The highest BCUT2D eigenvalue weighted by molar-refractivity contribution is 5.76. The number of nitrogens with zero attached hydrogens (tertiary/aromatic N) is 2. The summed E-state index contributed by atoms with van der Waals surface area (Å²) in [6.45, 7) is 4.77. The monoisotopic (exact) mass is 346 g/mol. The molecule has 2 aromatic rings. The maximum absolute atomic E-state index is 13.6. The third kappa shape index (κ3) is 4.42. The second kappa shape index (κ2) is 7.74. The van der Waals surface area contributed by atoms with Crippen molar-refractivity contribution in [3.63, 3.8) is 0 Å². The molecule has 1 amide bonds. The predicted octanol–water partition coefficient (Wildman–Crippen LogP) is 2.37. The topological polar surface area (TPSA) is 80.0 Å². The summed E-state index contributed by atoms with van der Waals surface area (Å²) in [5.41, 5.74) is 1.13. The number of halogens is 1. The molecule has 1 saturated heterocycles. The molecule has 2 unspecified atom stereocenters. The van der Waals surface area contributed by atoms with Crippen molar-refractivity contribution < 1.29 is 13.7 Å². The first-order chi connectivity index (χ1) is 12.0. The summed E-state index contributed by atoms with van der Waals surface area (Å²) in [6, 6.07) is 5.25. The molecule has 7 heteroatoms. The number of nitrogens with one attached hydrogen (secondary N) is 2. The van der Waals surface area contributed by atoms with Crippen molar-refractivity contribution >= 4 is 5.91 Å². The van der Waals surface area contributed by atoms with E-state index in [0.29, 0.717) is 29.3 Å². The molecule has 0 bridgehead atoms. The minimum atomic E-state index is -0.307. The van der Waals surface area contributed by atoms with Gasteiger partial charge in [0.05, 0.1) is 0 Å². The van der Waals surface area contributed by atoms with Crippen molar-refractivity contribution in [1.29, 1.82) is 0 Å². The van der Waals surface area contributed by atoms with Gasteiger partial charge in [0, 0.05) is 30.5 Å². The largest absolute Gasteiger partial charge is 0.352 e. The first-order valence-corrected chi connectivity index (χ1v) is 8.65. The van der Waals surface area contributed by atoms with E-state index < -0.39 is 0 Å². The number of carbonyl (C=O) groups is 1. The van der Waals surface area contributed by atoms with Crippen molar-refractivity contribution in [3.8, 4) is 11.4 Å². The number of aryl methyl sites for hydroxylation is 2. The van der Waals surface area contributed by atoms with E-state index in [1.165, 1.54) is 6.07 Å². The maximum Gasteiger partial charge on any atom is 0.227 e. The van der Waals surface area contributed by atoms with Crippen LogP contribution in [0.15, 0.2) is 22.7 Å². The number of amides is 1. The number of rotatable bonds is 5. The normalized spacial score (nSPS) is 20.4. The molecule has 1 aromatic carbocycles. The average Bonchev–Trinajstić information content (AvgIpc) is 3.07. The van der Waals surface area contributed by atoms with Crippen molar-refractivity contribution in [1.82, 2.24) is 20.8 Å². The standard InChI is InChI=1S/C18H23FN4O2/c1-11-5-6-13(10-14(11)19)18-22-17(25-23-18)8-7-16(24)21-15-4-3-9-20-12(15)2/h5-6,10,12,15,20H,3-4,7-9H2,1-2H3,(H,21,24). The second-order valence-corrected chi connectivity index (χ2v) is 6.53. The number of aromatic nitrogens is 2. The van der Waals surface area contributed by atoms with E-state index in [0.717, 1.165) is 19.4 Å². The van der Waals surface area contributed by atoms with Gasteiger partial charge in [-0.3, -0.25) is 4.79 Å². The van der Waals surface area contributed by atoms with Crippen LogP contribution in [-0.2, 0) is 11.2 Å². The predicted molar refractivity (Wildman–Crippen MR) is 91.4 cm³/mol. The Balaban J connectivity index is 1.54. The summed E-state index contributed by atoms with van der Waals surface area (Å²) in [5, 5.41) is 10.3. The molecule has 0 saturated carbocycles. The zero-order valence-electron chi connectivity index (χ0n) is 14.5. The Morgan fingerprint density at radius 3 is 3.08 bits per heavy atom. The molecule has 25 heavy (non-hydrogen) atoms. The highest BCUT2D eigenvalue weighted by Gasteiger charge is 2.22. The lowest BCUT2D eigenvalue weighted by Gasteiger charge is -2.30. The molecule has 0 radical (unpaired) electrons. The van der Waals surface area contributed by atoms with Gasteiger partial charge in [-0.2, -0.15) is 4.98 Å². The molecule has 3 rings (SSSR count). The lowest BCUT2D eigenvalue weighted by molar-refractivity contribution is -0.122. The molecular weight excluding hydrogens is 323 g/mol. The van der Waals surface area contributed by atoms with Gasteiger partial charge in [0.2, 0.25) is 17.6 Å². The van der Waals surface area contributed by atoms with E-state index in [2.05, 4.69) is 27.7 Å². The quantitative estimate of drug-likeness (QED) is 0.869. The number of hydrogen-bond donors (Lipinski definition) is 2. The fourth-order valence-corrected chi connectivity index (χ4v) is 2.95. The van der Waals surface area contributed by atoms with Crippen LogP contribution in [-0.4, -0.2) is 34.7 Å². The summed E-state index contributed by atoms with van der Waals surface area (Å²) in [5.74, 6) is 0.375. The Labute approximate surface area is 146 Å². The SMILES string of the molecule is Cc1ccc(-c2noc(CCC(=O)NC3CCCNC3C)n2)cc1F. The molecule has 1 fully saturated rings. The second-order valence-electron chi connectivity index (χ2n) is 6.53. The highest BCUT2D eigenvalue weighted by atomic mass is 19.1. The van der Waals surface area contributed by atoms with Crippen molar-refractivity contribution in [2.45, 2.75) is 51.6 Å². The van der Waals surface area contributed by atoms with E-state index in [1.54, 1.807) is 19.1 Å². The van der Waals surface area contributed by atoms with Crippen LogP contribution in [0, 0.1) is 12.7 Å². The van der Waals surface area contributed by atoms with Crippen molar-refractivity contribution in [2.24, 2.45) is 0 Å². The fourth-order valence-electron chi connectivity index (χ4n) is 2.95. The third-order valence-corrected chi connectivity index (χ3v) is 4.57. The number of carbonyl (C=O) groups excluding carboxylic acids is 1. The van der Waals surface area contributed by atoms with Crippen LogP contribution in [0.3, 0.4) is 0 Å². The van der Waals surface area contributed by atoms with Crippen LogP contribution in [0.2, 0.25) is 0 Å². The number of hydrogen-bond acceptors (Lipinski definition) is 5. The minimum Gasteiger partial charge on any atom is -0.352 e. The molecule has 2 heterocycles. The molecule has 1 aliphatic heterocycles. The molecule has 6 nitrogen and oxygen atoms in total.